The average Bonchev–Trinajstić information content (AvgIpc) is 3.31. The zero-order chi connectivity index (χ0) is 22.2. The summed E-state index contributed by atoms with van der Waals surface area (Å²) in [5, 5.41) is 5.62. The summed E-state index contributed by atoms with van der Waals surface area (Å²) in [4.78, 5) is 37.0. The molecule has 0 radical (unpaired) electrons. The third-order valence-electron chi connectivity index (χ3n) is 4.87. The number of carbonyl (C=O) groups is 3. The molecular formula is C23H26N2O6. The molecule has 0 aromatic heterocycles. The fourth-order valence-electron chi connectivity index (χ4n) is 3.18. The van der Waals surface area contributed by atoms with Crippen LogP contribution in [0, 0.1) is 0 Å². The molecule has 8 nitrogen and oxygen atoms in total. The van der Waals surface area contributed by atoms with Crippen LogP contribution in [0.1, 0.15) is 46.9 Å². The molecular weight excluding hydrogens is 400 g/mol. The highest BCUT2D eigenvalue weighted by atomic mass is 16.6. The van der Waals surface area contributed by atoms with E-state index in [0.29, 0.717) is 30.0 Å². The molecule has 1 aliphatic heterocycles. The van der Waals surface area contributed by atoms with Crippen molar-refractivity contribution < 1.29 is 28.6 Å². The predicted octanol–water partition coefficient (Wildman–Crippen LogP) is 3.17. The van der Waals surface area contributed by atoms with Gasteiger partial charge in [-0.15, -0.1) is 0 Å². The largest absolute Gasteiger partial charge is 0.493 e. The summed E-state index contributed by atoms with van der Waals surface area (Å²) in [6.45, 7) is 2.83. The van der Waals surface area contributed by atoms with Gasteiger partial charge in [-0.05, 0) is 43.2 Å². The van der Waals surface area contributed by atoms with Gasteiger partial charge in [-0.2, -0.15) is 0 Å². The molecule has 1 atom stereocenters. The number of methoxy groups -OCH3 is 1. The molecule has 1 saturated heterocycles. The molecule has 0 spiro atoms. The molecule has 2 N–H and O–H groups in total. The van der Waals surface area contributed by atoms with Gasteiger partial charge in [-0.3, -0.25) is 14.4 Å². The lowest BCUT2D eigenvalue weighted by molar-refractivity contribution is -0.134. The normalized spacial score (nSPS) is 15.2. The summed E-state index contributed by atoms with van der Waals surface area (Å²) in [5.74, 6) is -0.618. The highest BCUT2D eigenvalue weighted by Gasteiger charge is 2.19. The van der Waals surface area contributed by atoms with Crippen molar-refractivity contribution in [1.29, 1.82) is 0 Å². The summed E-state index contributed by atoms with van der Waals surface area (Å²) in [5.41, 5.74) is 1.04. The zero-order valence-corrected chi connectivity index (χ0v) is 17.6. The van der Waals surface area contributed by atoms with Gasteiger partial charge in [-0.1, -0.05) is 19.1 Å². The zero-order valence-electron chi connectivity index (χ0n) is 17.6. The Labute approximate surface area is 180 Å². The van der Waals surface area contributed by atoms with Crippen LogP contribution in [0.5, 0.6) is 11.5 Å². The van der Waals surface area contributed by atoms with Crippen LogP contribution in [-0.2, 0) is 9.53 Å². The maximum absolute atomic E-state index is 12.8. The average molecular weight is 426 g/mol. The maximum atomic E-state index is 12.8. The molecule has 2 aromatic carbocycles. The van der Waals surface area contributed by atoms with Crippen molar-refractivity contribution in [1.82, 2.24) is 5.32 Å². The van der Waals surface area contributed by atoms with E-state index in [9.17, 15) is 14.4 Å². The van der Waals surface area contributed by atoms with E-state index in [0.717, 1.165) is 12.8 Å². The van der Waals surface area contributed by atoms with E-state index in [1.807, 2.05) is 0 Å². The van der Waals surface area contributed by atoms with Crippen LogP contribution in [0.4, 0.5) is 5.69 Å². The first-order chi connectivity index (χ1) is 15.0. The number of anilines is 1. The second-order valence-corrected chi connectivity index (χ2v) is 7.04. The minimum absolute atomic E-state index is 0.0264. The van der Waals surface area contributed by atoms with Gasteiger partial charge in [0.05, 0.1) is 24.5 Å². The minimum Gasteiger partial charge on any atom is -0.493 e. The van der Waals surface area contributed by atoms with Crippen LogP contribution in [0.25, 0.3) is 0 Å². The van der Waals surface area contributed by atoms with Gasteiger partial charge in [0.1, 0.15) is 0 Å². The number of benzene rings is 2. The van der Waals surface area contributed by atoms with Crippen molar-refractivity contribution in [2.24, 2.45) is 0 Å². The Hall–Kier alpha value is -3.39. The Morgan fingerprint density at radius 1 is 1.10 bits per heavy atom. The van der Waals surface area contributed by atoms with Crippen LogP contribution in [-0.4, -0.2) is 44.1 Å². The Morgan fingerprint density at radius 3 is 2.61 bits per heavy atom. The molecule has 1 heterocycles. The smallest absolute Gasteiger partial charge is 0.311 e. The Bertz CT molecular complexity index is 953. The monoisotopic (exact) mass is 426 g/mol. The number of esters is 1. The van der Waals surface area contributed by atoms with Gasteiger partial charge in [0.15, 0.2) is 11.5 Å². The standard InChI is InChI=1S/C23H26N2O6/c1-3-21(26)31-19-11-10-15(13-20(19)29-2)22(27)25-18-9-5-4-8-17(18)23(28)24-14-16-7-6-12-30-16/h4-5,8-11,13,16H,3,6-7,12,14H2,1-2H3,(H,24,28)(H,25,27). The van der Waals surface area contributed by atoms with Crippen LogP contribution in [0.2, 0.25) is 0 Å². The van der Waals surface area contributed by atoms with Crippen LogP contribution >= 0.6 is 0 Å². The van der Waals surface area contributed by atoms with Crippen LogP contribution in [0.15, 0.2) is 42.5 Å². The highest BCUT2D eigenvalue weighted by molar-refractivity contribution is 6.09. The molecule has 3 rings (SSSR count). The molecule has 0 bridgehead atoms. The van der Waals surface area contributed by atoms with Gasteiger partial charge in [0, 0.05) is 25.1 Å². The lowest BCUT2D eigenvalue weighted by Gasteiger charge is -2.14. The van der Waals surface area contributed by atoms with E-state index < -0.39 is 11.9 Å². The summed E-state index contributed by atoms with van der Waals surface area (Å²) in [7, 11) is 1.42. The molecule has 0 aliphatic carbocycles. The van der Waals surface area contributed by atoms with Crippen molar-refractivity contribution in [3.05, 3.63) is 53.6 Å². The van der Waals surface area contributed by atoms with Crippen molar-refractivity contribution in [3.63, 3.8) is 0 Å². The minimum atomic E-state index is -0.425. The highest BCUT2D eigenvalue weighted by Crippen LogP contribution is 2.29. The number of ether oxygens (including phenoxy) is 3. The van der Waals surface area contributed by atoms with Gasteiger partial charge in [-0.25, -0.2) is 0 Å². The number of carbonyl (C=O) groups excluding carboxylic acids is 3. The molecule has 164 valence electrons. The first-order valence-electron chi connectivity index (χ1n) is 10.2. The van der Waals surface area contributed by atoms with E-state index in [4.69, 9.17) is 14.2 Å². The number of para-hydroxylation sites is 1. The molecule has 1 aliphatic rings. The number of hydrogen-bond donors (Lipinski definition) is 2. The number of rotatable bonds is 8. The van der Waals surface area contributed by atoms with Crippen molar-refractivity contribution in [2.75, 3.05) is 25.6 Å². The van der Waals surface area contributed by atoms with E-state index in [1.165, 1.54) is 25.3 Å². The first-order valence-corrected chi connectivity index (χ1v) is 10.2. The molecule has 8 heteroatoms. The molecule has 1 unspecified atom stereocenters. The summed E-state index contributed by atoms with van der Waals surface area (Å²) >= 11 is 0. The van der Waals surface area contributed by atoms with Crippen molar-refractivity contribution in [3.8, 4) is 11.5 Å². The number of nitrogens with one attached hydrogen (secondary N) is 2. The number of hydrogen-bond acceptors (Lipinski definition) is 6. The molecule has 2 amide bonds. The molecule has 31 heavy (non-hydrogen) atoms. The van der Waals surface area contributed by atoms with Crippen molar-refractivity contribution >= 4 is 23.5 Å². The quantitative estimate of drug-likeness (QED) is 0.496. The molecule has 2 aromatic rings. The van der Waals surface area contributed by atoms with Gasteiger partial charge in [0.25, 0.3) is 11.8 Å². The Balaban J connectivity index is 1.71. The maximum Gasteiger partial charge on any atom is 0.311 e. The fourth-order valence-corrected chi connectivity index (χ4v) is 3.18. The predicted molar refractivity (Wildman–Crippen MR) is 115 cm³/mol. The van der Waals surface area contributed by atoms with Crippen molar-refractivity contribution in [2.45, 2.75) is 32.3 Å². The molecule has 1 fully saturated rings. The Morgan fingerprint density at radius 2 is 1.90 bits per heavy atom. The molecule has 0 saturated carbocycles. The second kappa shape index (κ2) is 10.6. The van der Waals surface area contributed by atoms with Gasteiger partial charge >= 0.3 is 5.97 Å². The fraction of sp³-hybridized carbons (Fsp3) is 0.348. The lowest BCUT2D eigenvalue weighted by Crippen LogP contribution is -2.32. The van der Waals surface area contributed by atoms with E-state index >= 15 is 0 Å². The summed E-state index contributed by atoms with van der Waals surface area (Å²) < 4.78 is 16.0. The third kappa shape index (κ3) is 5.82. The van der Waals surface area contributed by atoms with Crippen LogP contribution in [0.3, 0.4) is 0 Å². The van der Waals surface area contributed by atoms with Gasteiger partial charge < -0.3 is 24.8 Å². The summed E-state index contributed by atoms with van der Waals surface area (Å²) in [6.07, 6.45) is 2.16. The van der Waals surface area contributed by atoms with E-state index in [2.05, 4.69) is 10.6 Å². The second-order valence-electron chi connectivity index (χ2n) is 7.04. The first kappa shape index (κ1) is 22.3. The van der Waals surface area contributed by atoms with E-state index in [1.54, 1.807) is 31.2 Å². The Kier molecular flexibility index (Phi) is 7.61. The SMILES string of the molecule is CCC(=O)Oc1ccc(C(=O)Nc2ccccc2C(=O)NCC2CCCO2)cc1OC. The lowest BCUT2D eigenvalue weighted by atomic mass is 10.1. The van der Waals surface area contributed by atoms with Gasteiger partial charge in [0.2, 0.25) is 0 Å². The van der Waals surface area contributed by atoms with E-state index in [-0.39, 0.29) is 29.9 Å². The third-order valence-corrected chi connectivity index (χ3v) is 4.87. The summed E-state index contributed by atoms with van der Waals surface area (Å²) in [6, 6.07) is 11.3. The number of amides is 2. The van der Waals surface area contributed by atoms with Crippen LogP contribution < -0.4 is 20.1 Å². The topological polar surface area (TPSA) is 103 Å².